The molecule has 2 aromatic heterocycles. The third-order valence-corrected chi connectivity index (χ3v) is 14.7. The van der Waals surface area contributed by atoms with Crippen molar-refractivity contribution in [2.24, 2.45) is 0 Å². The number of halogens is 4. The van der Waals surface area contributed by atoms with Crippen LogP contribution in [0.25, 0.3) is 61.0 Å². The maximum absolute atomic E-state index is 15.2. The van der Waals surface area contributed by atoms with E-state index in [1.807, 2.05) is 36.5 Å². The number of pyridine rings is 1. The van der Waals surface area contributed by atoms with Gasteiger partial charge in [0.05, 0.1) is 28.1 Å². The lowest BCUT2D eigenvalue weighted by Gasteiger charge is -2.28. The van der Waals surface area contributed by atoms with Gasteiger partial charge in [-0.05, 0) is 147 Å². The molecule has 0 N–H and O–H groups in total. The Balaban J connectivity index is 1.12. The van der Waals surface area contributed by atoms with Gasteiger partial charge in [-0.25, -0.2) is 22.5 Å². The van der Waals surface area contributed by atoms with Gasteiger partial charge < -0.3 is 14.5 Å². The highest BCUT2D eigenvalue weighted by atomic mass is 19.1. The first-order chi connectivity index (χ1) is 36.4. The van der Waals surface area contributed by atoms with E-state index in [-0.39, 0.29) is 35.0 Å². The average molecular weight is 1010 g/mol. The Labute approximate surface area is 442 Å². The number of para-hydroxylation sites is 4. The van der Waals surface area contributed by atoms with Crippen LogP contribution < -0.4 is 14.5 Å². The summed E-state index contributed by atoms with van der Waals surface area (Å²) in [6.07, 6.45) is 1.88. The Morgan fingerprint density at radius 1 is 0.500 bits per heavy atom. The molecule has 0 atom stereocenters. The lowest BCUT2D eigenvalue weighted by Crippen LogP contribution is -2.25. The fraction of sp³-hybridized carbons (Fsp3) is 0.209. The summed E-state index contributed by atoms with van der Waals surface area (Å²) < 4.78 is 70.0. The molecule has 76 heavy (non-hydrogen) atoms. The van der Waals surface area contributed by atoms with Crippen molar-refractivity contribution in [2.45, 2.75) is 85.5 Å². The van der Waals surface area contributed by atoms with Crippen molar-refractivity contribution in [3.63, 3.8) is 0 Å². The molecule has 0 spiro atoms. The standard InChI is InChI=1S/C67H60F4N4O/c1-39(2)42-31-58(40(3)4)65(59(32-42)41(5)6)45-29-51(36-53(30-45)76-52-21-22-57-56-15-10-11-18-60(56)75(63(57)37-52)64-33-46(23-24-72-64)67(7,8)9)73-38-74(62-20-13-12-19-61(62)73)66-54(43-25-47(68)34-48(69)26-43)16-14-17-55(66)44-27-49(70)35-50(71)28-44/h10-37,39-41H,38H2,1-9H3. The summed E-state index contributed by atoms with van der Waals surface area (Å²) in [5.41, 5.74) is 13.5. The fourth-order valence-electron chi connectivity index (χ4n) is 11.0. The van der Waals surface area contributed by atoms with Crippen LogP contribution in [0.5, 0.6) is 11.5 Å². The largest absolute Gasteiger partial charge is 0.457 e. The number of benzene rings is 8. The summed E-state index contributed by atoms with van der Waals surface area (Å²) in [5, 5.41) is 2.18. The van der Waals surface area contributed by atoms with E-state index in [4.69, 9.17) is 9.72 Å². The topological polar surface area (TPSA) is 33.5 Å². The van der Waals surface area contributed by atoms with Gasteiger partial charge in [-0.2, -0.15) is 0 Å². The van der Waals surface area contributed by atoms with Crippen LogP contribution in [0.4, 0.5) is 40.3 Å². The lowest BCUT2D eigenvalue weighted by molar-refractivity contribution is 0.483. The molecule has 0 amide bonds. The Kier molecular flexibility index (Phi) is 12.8. The molecule has 1 aliphatic rings. The first-order valence-corrected chi connectivity index (χ1v) is 26.1. The normalized spacial score (nSPS) is 12.8. The van der Waals surface area contributed by atoms with E-state index in [2.05, 4.69) is 156 Å². The minimum atomic E-state index is -0.745. The van der Waals surface area contributed by atoms with E-state index < -0.39 is 23.3 Å². The fourth-order valence-corrected chi connectivity index (χ4v) is 11.0. The summed E-state index contributed by atoms with van der Waals surface area (Å²) >= 11 is 0. The second-order valence-electron chi connectivity index (χ2n) is 22.0. The Morgan fingerprint density at radius 3 is 1.67 bits per heavy atom. The molecule has 11 rings (SSSR count). The number of ether oxygens (including phenoxy) is 1. The van der Waals surface area contributed by atoms with Gasteiger partial charge in [0.25, 0.3) is 0 Å². The van der Waals surface area contributed by atoms with Gasteiger partial charge in [-0.1, -0.05) is 123 Å². The van der Waals surface area contributed by atoms with Crippen molar-refractivity contribution in [3.05, 3.63) is 216 Å². The van der Waals surface area contributed by atoms with Crippen molar-refractivity contribution in [1.29, 1.82) is 0 Å². The van der Waals surface area contributed by atoms with Gasteiger partial charge in [0.1, 0.15) is 47.3 Å². The van der Waals surface area contributed by atoms with Crippen molar-refractivity contribution in [3.8, 4) is 50.7 Å². The van der Waals surface area contributed by atoms with Gasteiger partial charge in [0, 0.05) is 58.0 Å². The third kappa shape index (κ3) is 9.26. The maximum atomic E-state index is 15.2. The highest BCUT2D eigenvalue weighted by molar-refractivity contribution is 6.09. The van der Waals surface area contributed by atoms with Crippen molar-refractivity contribution >= 4 is 44.6 Å². The second kappa shape index (κ2) is 19.5. The van der Waals surface area contributed by atoms with E-state index in [9.17, 15) is 0 Å². The molecule has 0 saturated carbocycles. The van der Waals surface area contributed by atoms with Gasteiger partial charge in [0.15, 0.2) is 0 Å². The molecule has 3 heterocycles. The van der Waals surface area contributed by atoms with Crippen LogP contribution in [0.1, 0.15) is 102 Å². The molecule has 1 aliphatic heterocycles. The molecule has 10 aromatic rings. The van der Waals surface area contributed by atoms with Crippen LogP contribution >= 0.6 is 0 Å². The molecule has 5 nitrogen and oxygen atoms in total. The number of hydrogen-bond acceptors (Lipinski definition) is 4. The predicted molar refractivity (Wildman–Crippen MR) is 304 cm³/mol. The third-order valence-electron chi connectivity index (χ3n) is 14.7. The molecule has 0 aliphatic carbocycles. The Bertz CT molecular complexity index is 3750. The zero-order valence-electron chi connectivity index (χ0n) is 44.3. The zero-order valence-corrected chi connectivity index (χ0v) is 44.3. The van der Waals surface area contributed by atoms with E-state index in [0.717, 1.165) is 67.9 Å². The minimum absolute atomic E-state index is 0.0899. The van der Waals surface area contributed by atoms with Crippen molar-refractivity contribution in [2.75, 3.05) is 16.5 Å². The number of aromatic nitrogens is 2. The van der Waals surface area contributed by atoms with E-state index in [1.54, 1.807) is 18.2 Å². The number of rotatable bonds is 11. The molecular weight excluding hydrogens is 953 g/mol. The number of hydrogen-bond donors (Lipinski definition) is 0. The molecule has 0 fully saturated rings. The molecule has 382 valence electrons. The monoisotopic (exact) mass is 1010 g/mol. The molecule has 0 saturated heterocycles. The van der Waals surface area contributed by atoms with E-state index in [0.29, 0.717) is 34.2 Å². The summed E-state index contributed by atoms with van der Waals surface area (Å²) in [6, 6.07) is 50.1. The van der Waals surface area contributed by atoms with Gasteiger partial charge in [-0.3, -0.25) is 4.57 Å². The van der Waals surface area contributed by atoms with Gasteiger partial charge in [-0.15, -0.1) is 0 Å². The summed E-state index contributed by atoms with van der Waals surface area (Å²) in [6.45, 7) is 20.3. The summed E-state index contributed by atoms with van der Waals surface area (Å²) in [5.74, 6) is -0.213. The van der Waals surface area contributed by atoms with Crippen molar-refractivity contribution < 1.29 is 22.3 Å². The highest BCUT2D eigenvalue weighted by Gasteiger charge is 2.33. The lowest BCUT2D eigenvalue weighted by atomic mass is 9.81. The maximum Gasteiger partial charge on any atom is 0.137 e. The van der Waals surface area contributed by atoms with Gasteiger partial charge >= 0.3 is 0 Å². The molecule has 8 aromatic carbocycles. The first-order valence-electron chi connectivity index (χ1n) is 26.1. The molecule has 9 heteroatoms. The predicted octanol–water partition coefficient (Wildman–Crippen LogP) is 19.4. The van der Waals surface area contributed by atoms with E-state index >= 15 is 17.6 Å². The van der Waals surface area contributed by atoms with Crippen LogP contribution in [0, 0.1) is 23.3 Å². The van der Waals surface area contributed by atoms with Crippen LogP contribution in [-0.2, 0) is 5.41 Å². The SMILES string of the molecule is CC(C)c1cc(C(C)C)c(-c2cc(Oc3ccc4c5ccccc5n(-c5cc(C(C)(C)C)ccn5)c4c3)cc(N3CN(c4c(-c5cc(F)cc(F)c5)cccc4-c4cc(F)cc(F)c4)c4ccccc43)c2)c(C(C)C)c1. The zero-order chi connectivity index (χ0) is 53.3. The van der Waals surface area contributed by atoms with E-state index in [1.165, 1.54) is 46.5 Å². The van der Waals surface area contributed by atoms with Crippen LogP contribution in [0.15, 0.2) is 170 Å². The second-order valence-corrected chi connectivity index (χ2v) is 22.0. The minimum Gasteiger partial charge on any atom is -0.457 e. The number of nitrogens with zero attached hydrogens (tertiary/aromatic N) is 4. The highest BCUT2D eigenvalue weighted by Crippen LogP contribution is 2.52. The summed E-state index contributed by atoms with van der Waals surface area (Å²) in [4.78, 5) is 9.19. The first kappa shape index (κ1) is 50.0. The van der Waals surface area contributed by atoms with Gasteiger partial charge in [0.2, 0.25) is 0 Å². The number of fused-ring (bicyclic) bond motifs is 4. The van der Waals surface area contributed by atoms with Crippen LogP contribution in [-0.4, -0.2) is 16.2 Å². The Hall–Kier alpha value is -8.17. The smallest absolute Gasteiger partial charge is 0.137 e. The van der Waals surface area contributed by atoms with Crippen LogP contribution in [0.3, 0.4) is 0 Å². The molecule has 0 bridgehead atoms. The Morgan fingerprint density at radius 2 is 1.08 bits per heavy atom. The van der Waals surface area contributed by atoms with Crippen molar-refractivity contribution in [1.82, 2.24) is 9.55 Å². The molecular formula is C67H60F4N4O. The molecule has 0 radical (unpaired) electrons. The van der Waals surface area contributed by atoms with Crippen LogP contribution in [0.2, 0.25) is 0 Å². The number of anilines is 4. The summed E-state index contributed by atoms with van der Waals surface area (Å²) in [7, 11) is 0. The quantitative estimate of drug-likeness (QED) is 0.121. The average Bonchev–Trinajstić information content (AvgIpc) is 4.02. The molecule has 0 unspecified atom stereocenters.